The number of carbonyl (C=O) groups is 1. The summed E-state index contributed by atoms with van der Waals surface area (Å²) >= 11 is 0. The smallest absolute Gasteiger partial charge is 0.335 e. The van der Waals surface area contributed by atoms with E-state index in [9.17, 15) is 13.2 Å². The average Bonchev–Trinajstić information content (AvgIpc) is 2.93. The molecule has 0 spiro atoms. The number of hydrogen-bond donors (Lipinski definition) is 1. The Labute approximate surface area is 125 Å². The maximum atomic E-state index is 12.7. The predicted octanol–water partition coefficient (Wildman–Crippen LogP) is 2.59. The second-order valence-electron chi connectivity index (χ2n) is 5.63. The molecular formula is C15H21NO4S. The van der Waals surface area contributed by atoms with Gasteiger partial charge in [-0.2, -0.15) is 4.31 Å². The Morgan fingerprint density at radius 2 is 2.00 bits per heavy atom. The Morgan fingerprint density at radius 3 is 2.52 bits per heavy atom. The zero-order valence-electron chi connectivity index (χ0n) is 12.4. The van der Waals surface area contributed by atoms with E-state index >= 15 is 0 Å². The number of rotatable bonds is 5. The van der Waals surface area contributed by atoms with Gasteiger partial charge in [0.2, 0.25) is 10.0 Å². The van der Waals surface area contributed by atoms with Crippen LogP contribution in [0, 0.1) is 5.41 Å². The van der Waals surface area contributed by atoms with Crippen LogP contribution in [0.25, 0.3) is 0 Å². The van der Waals surface area contributed by atoms with Crippen molar-refractivity contribution in [2.75, 3.05) is 13.1 Å². The van der Waals surface area contributed by atoms with E-state index in [-0.39, 0.29) is 15.9 Å². The van der Waals surface area contributed by atoms with Crippen molar-refractivity contribution < 1.29 is 18.3 Å². The average molecular weight is 311 g/mol. The number of hydrogen-bond acceptors (Lipinski definition) is 3. The first kappa shape index (κ1) is 16.0. The minimum atomic E-state index is -3.62. The van der Waals surface area contributed by atoms with E-state index in [2.05, 4.69) is 13.8 Å². The zero-order valence-corrected chi connectivity index (χ0v) is 13.2. The molecule has 1 saturated heterocycles. The van der Waals surface area contributed by atoms with E-state index in [0.717, 1.165) is 19.3 Å². The van der Waals surface area contributed by atoms with E-state index < -0.39 is 16.0 Å². The van der Waals surface area contributed by atoms with Crippen LogP contribution in [0.4, 0.5) is 0 Å². The molecule has 116 valence electrons. The molecule has 1 aromatic rings. The minimum absolute atomic E-state index is 0.00693. The third kappa shape index (κ3) is 2.96. The highest BCUT2D eigenvalue weighted by Crippen LogP contribution is 2.39. The van der Waals surface area contributed by atoms with Crippen LogP contribution in [0.2, 0.25) is 0 Å². The standard InChI is InChI=1S/C15H21NO4S/c1-3-15(4-2)8-9-16(11-15)21(19,20)13-7-5-6-12(10-13)14(17)18/h5-7,10H,3-4,8-9,11H2,1-2H3,(H,17,18). The van der Waals surface area contributed by atoms with Crippen LogP contribution in [0.5, 0.6) is 0 Å². The summed E-state index contributed by atoms with van der Waals surface area (Å²) < 4.78 is 26.8. The first-order valence-corrected chi connectivity index (χ1v) is 8.62. The van der Waals surface area contributed by atoms with Crippen LogP contribution in [-0.2, 0) is 10.0 Å². The molecular weight excluding hydrogens is 290 g/mol. The van der Waals surface area contributed by atoms with E-state index in [0.29, 0.717) is 13.1 Å². The van der Waals surface area contributed by atoms with Crippen LogP contribution in [0.1, 0.15) is 43.5 Å². The van der Waals surface area contributed by atoms with Gasteiger partial charge in [-0.3, -0.25) is 0 Å². The molecule has 1 aliphatic heterocycles. The Morgan fingerprint density at radius 1 is 1.33 bits per heavy atom. The molecule has 1 fully saturated rings. The van der Waals surface area contributed by atoms with E-state index in [1.54, 1.807) is 0 Å². The van der Waals surface area contributed by atoms with Crippen LogP contribution < -0.4 is 0 Å². The van der Waals surface area contributed by atoms with Crippen LogP contribution in [0.3, 0.4) is 0 Å². The summed E-state index contributed by atoms with van der Waals surface area (Å²) in [6, 6.07) is 5.56. The Hall–Kier alpha value is -1.40. The van der Waals surface area contributed by atoms with Gasteiger partial charge in [0.25, 0.3) is 0 Å². The number of carboxylic acid groups (broad SMARTS) is 1. The molecule has 21 heavy (non-hydrogen) atoms. The first-order valence-electron chi connectivity index (χ1n) is 7.18. The maximum Gasteiger partial charge on any atom is 0.335 e. The quantitative estimate of drug-likeness (QED) is 0.907. The summed E-state index contributed by atoms with van der Waals surface area (Å²) in [6.45, 7) is 5.19. The van der Waals surface area contributed by atoms with Crippen LogP contribution in [-0.4, -0.2) is 36.9 Å². The lowest BCUT2D eigenvalue weighted by Crippen LogP contribution is -2.32. The molecule has 1 aliphatic rings. The number of carboxylic acids is 1. The third-order valence-corrected chi connectivity index (χ3v) is 6.46. The molecule has 0 unspecified atom stereocenters. The van der Waals surface area contributed by atoms with Crippen molar-refractivity contribution >= 4 is 16.0 Å². The molecule has 5 nitrogen and oxygen atoms in total. The molecule has 1 aromatic carbocycles. The van der Waals surface area contributed by atoms with Gasteiger partial charge < -0.3 is 5.11 Å². The topological polar surface area (TPSA) is 74.7 Å². The van der Waals surface area contributed by atoms with E-state index in [1.807, 2.05) is 0 Å². The SMILES string of the molecule is CCC1(CC)CCN(S(=O)(=O)c2cccc(C(=O)O)c2)C1. The molecule has 0 amide bonds. The minimum Gasteiger partial charge on any atom is -0.478 e. The van der Waals surface area contributed by atoms with Gasteiger partial charge in [-0.05, 0) is 42.9 Å². The Kier molecular flexibility index (Phi) is 4.39. The second-order valence-corrected chi connectivity index (χ2v) is 7.57. The van der Waals surface area contributed by atoms with E-state index in [1.165, 1.54) is 28.6 Å². The van der Waals surface area contributed by atoms with Crippen molar-refractivity contribution in [1.29, 1.82) is 0 Å². The van der Waals surface area contributed by atoms with Gasteiger partial charge in [-0.1, -0.05) is 19.9 Å². The summed E-state index contributed by atoms with van der Waals surface area (Å²) in [5.74, 6) is -1.12. The van der Waals surface area contributed by atoms with Crippen molar-refractivity contribution in [3.05, 3.63) is 29.8 Å². The molecule has 2 rings (SSSR count). The predicted molar refractivity (Wildman–Crippen MR) is 79.8 cm³/mol. The van der Waals surface area contributed by atoms with Gasteiger partial charge in [0, 0.05) is 13.1 Å². The largest absolute Gasteiger partial charge is 0.478 e. The highest BCUT2D eigenvalue weighted by atomic mass is 32.2. The molecule has 0 bridgehead atoms. The van der Waals surface area contributed by atoms with Crippen LogP contribution >= 0.6 is 0 Å². The lowest BCUT2D eigenvalue weighted by atomic mass is 9.82. The van der Waals surface area contributed by atoms with Gasteiger partial charge in [0.15, 0.2) is 0 Å². The lowest BCUT2D eigenvalue weighted by Gasteiger charge is -2.26. The molecule has 0 saturated carbocycles. The maximum absolute atomic E-state index is 12.7. The molecule has 6 heteroatoms. The summed E-state index contributed by atoms with van der Waals surface area (Å²) in [5, 5.41) is 8.99. The van der Waals surface area contributed by atoms with Gasteiger partial charge in [-0.15, -0.1) is 0 Å². The monoisotopic (exact) mass is 311 g/mol. The van der Waals surface area contributed by atoms with Gasteiger partial charge in [0.1, 0.15) is 0 Å². The van der Waals surface area contributed by atoms with Crippen molar-refractivity contribution in [1.82, 2.24) is 4.31 Å². The summed E-state index contributed by atoms with van der Waals surface area (Å²) in [5.41, 5.74) is 0.0461. The molecule has 1 N–H and O–H groups in total. The third-order valence-electron chi connectivity index (χ3n) is 4.62. The van der Waals surface area contributed by atoms with Crippen molar-refractivity contribution in [3.63, 3.8) is 0 Å². The Bertz CT molecular complexity index is 635. The van der Waals surface area contributed by atoms with E-state index in [4.69, 9.17) is 5.11 Å². The zero-order chi connectivity index (χ0) is 15.7. The molecule has 0 aliphatic carbocycles. The number of nitrogens with zero attached hydrogens (tertiary/aromatic N) is 1. The highest BCUT2D eigenvalue weighted by molar-refractivity contribution is 7.89. The van der Waals surface area contributed by atoms with Crippen molar-refractivity contribution in [2.45, 2.75) is 38.0 Å². The number of benzene rings is 1. The molecule has 0 atom stereocenters. The van der Waals surface area contributed by atoms with Gasteiger partial charge in [-0.25, -0.2) is 13.2 Å². The van der Waals surface area contributed by atoms with Crippen molar-refractivity contribution in [3.8, 4) is 0 Å². The summed E-state index contributed by atoms with van der Waals surface area (Å²) in [7, 11) is -3.62. The number of aromatic carboxylic acids is 1. The molecule has 1 heterocycles. The normalized spacial score (nSPS) is 18.8. The van der Waals surface area contributed by atoms with Crippen LogP contribution in [0.15, 0.2) is 29.2 Å². The fourth-order valence-corrected chi connectivity index (χ4v) is 4.47. The molecule has 0 aromatic heterocycles. The lowest BCUT2D eigenvalue weighted by molar-refractivity contribution is 0.0696. The highest BCUT2D eigenvalue weighted by Gasteiger charge is 2.40. The molecule has 0 radical (unpaired) electrons. The van der Waals surface area contributed by atoms with Crippen molar-refractivity contribution in [2.24, 2.45) is 5.41 Å². The summed E-state index contributed by atoms with van der Waals surface area (Å²) in [4.78, 5) is 11.0. The Balaban J connectivity index is 2.31. The van der Waals surface area contributed by atoms with Gasteiger partial charge in [0.05, 0.1) is 10.5 Å². The summed E-state index contributed by atoms with van der Waals surface area (Å²) in [6.07, 6.45) is 2.76. The fourth-order valence-electron chi connectivity index (χ4n) is 2.87. The fraction of sp³-hybridized carbons (Fsp3) is 0.533. The first-order chi connectivity index (χ1) is 9.84. The second kappa shape index (κ2) is 5.77. The number of sulfonamides is 1. The van der Waals surface area contributed by atoms with Gasteiger partial charge >= 0.3 is 5.97 Å².